The highest BCUT2D eigenvalue weighted by Crippen LogP contribution is 2.52. The summed E-state index contributed by atoms with van der Waals surface area (Å²) < 4.78 is 16.5. The van der Waals surface area contributed by atoms with Crippen LogP contribution in [0.1, 0.15) is 16.5 Å². The van der Waals surface area contributed by atoms with E-state index in [-0.39, 0.29) is 12.3 Å². The molecule has 2 saturated heterocycles. The minimum atomic E-state index is -1.41. The van der Waals surface area contributed by atoms with Crippen LogP contribution in [-0.4, -0.2) is 43.6 Å². The van der Waals surface area contributed by atoms with Crippen molar-refractivity contribution in [1.29, 1.82) is 0 Å². The third-order valence-corrected chi connectivity index (χ3v) is 8.12. The van der Waals surface area contributed by atoms with Crippen LogP contribution in [0.5, 0.6) is 11.5 Å². The summed E-state index contributed by atoms with van der Waals surface area (Å²) in [5.41, 5.74) is -0.156. The van der Waals surface area contributed by atoms with E-state index < -0.39 is 35.3 Å². The minimum absolute atomic E-state index is 0.206. The second-order valence-electron chi connectivity index (χ2n) is 9.11. The molecule has 3 aliphatic rings. The van der Waals surface area contributed by atoms with Crippen molar-refractivity contribution in [3.8, 4) is 11.5 Å². The molecule has 8 nitrogen and oxygen atoms in total. The fraction of sp³-hybridized carbons (Fsp3) is 0.296. The molecule has 9 heteroatoms. The second-order valence-corrected chi connectivity index (χ2v) is 10.1. The van der Waals surface area contributed by atoms with Crippen LogP contribution in [0.2, 0.25) is 0 Å². The summed E-state index contributed by atoms with van der Waals surface area (Å²) in [5.74, 6) is -2.03. The third kappa shape index (κ3) is 3.42. The Morgan fingerprint density at radius 2 is 1.83 bits per heavy atom. The molecule has 3 aromatic rings. The first-order valence-electron chi connectivity index (χ1n) is 11.7. The number of carbonyl (C=O) groups excluding carboxylic acids is 3. The van der Waals surface area contributed by atoms with E-state index in [1.54, 1.807) is 18.2 Å². The highest BCUT2D eigenvalue weighted by molar-refractivity contribution is 7.10. The van der Waals surface area contributed by atoms with Gasteiger partial charge in [0, 0.05) is 17.4 Å². The molecule has 2 fully saturated rings. The van der Waals surface area contributed by atoms with Crippen LogP contribution in [0, 0.1) is 11.8 Å². The summed E-state index contributed by atoms with van der Waals surface area (Å²) in [6, 6.07) is 17.8. The Balaban J connectivity index is 1.47. The molecular formula is C27H24N2O6S. The van der Waals surface area contributed by atoms with Crippen molar-refractivity contribution in [2.45, 2.75) is 18.0 Å². The molecule has 184 valence electrons. The lowest BCUT2D eigenvalue weighted by atomic mass is 9.76. The predicted octanol–water partition coefficient (Wildman–Crippen LogP) is 3.12. The standard InChI is InChI=1S/C27H24N2O6S/c1-33-26(32)27(15-16-6-3-2-4-7-16)22-21(23(28-27)20-8-5-13-36-20)24(30)29(25(22)31)17-9-10-18-19(14-17)35-12-11-34-18/h2-10,13-14,21-23,28H,11-12,15H2,1H3/t21-,22-,23-,27+/m0/s1. The van der Waals surface area contributed by atoms with Gasteiger partial charge in [0.25, 0.3) is 0 Å². The molecule has 0 bridgehead atoms. The summed E-state index contributed by atoms with van der Waals surface area (Å²) in [5, 5.41) is 5.33. The maximum absolute atomic E-state index is 14.1. The molecule has 36 heavy (non-hydrogen) atoms. The number of ether oxygens (including phenoxy) is 3. The van der Waals surface area contributed by atoms with Crippen LogP contribution >= 0.6 is 11.3 Å². The number of esters is 1. The van der Waals surface area contributed by atoms with Crippen molar-refractivity contribution in [2.24, 2.45) is 11.8 Å². The van der Waals surface area contributed by atoms with E-state index in [4.69, 9.17) is 14.2 Å². The molecule has 6 rings (SSSR count). The van der Waals surface area contributed by atoms with Crippen molar-refractivity contribution < 1.29 is 28.6 Å². The quantitative estimate of drug-likeness (QED) is 0.422. The van der Waals surface area contributed by atoms with Crippen molar-refractivity contribution >= 4 is 34.8 Å². The Bertz CT molecular complexity index is 1330. The Kier molecular flexibility index (Phi) is 5.54. The fourth-order valence-corrected chi connectivity index (χ4v) is 6.49. The van der Waals surface area contributed by atoms with Crippen LogP contribution < -0.4 is 19.7 Å². The fourth-order valence-electron chi connectivity index (χ4n) is 5.66. The molecule has 0 spiro atoms. The zero-order valence-corrected chi connectivity index (χ0v) is 20.3. The SMILES string of the molecule is COC(=O)[C@]1(Cc2ccccc2)N[C@@H](c2cccs2)[C@H]2C(=O)N(c3ccc4c(c3)OCCO4)C(=O)[C@H]21. The molecule has 1 N–H and O–H groups in total. The number of rotatable bonds is 5. The first-order valence-corrected chi connectivity index (χ1v) is 12.6. The first-order chi connectivity index (χ1) is 17.5. The minimum Gasteiger partial charge on any atom is -0.486 e. The van der Waals surface area contributed by atoms with Gasteiger partial charge in [0.05, 0.1) is 30.7 Å². The van der Waals surface area contributed by atoms with E-state index in [9.17, 15) is 14.4 Å². The number of amides is 2. The predicted molar refractivity (Wildman–Crippen MR) is 132 cm³/mol. The smallest absolute Gasteiger partial charge is 0.327 e. The van der Waals surface area contributed by atoms with Crippen molar-refractivity contribution in [1.82, 2.24) is 5.32 Å². The summed E-state index contributed by atoms with van der Waals surface area (Å²) >= 11 is 1.48. The lowest BCUT2D eigenvalue weighted by Crippen LogP contribution is -2.57. The van der Waals surface area contributed by atoms with E-state index in [2.05, 4.69) is 5.32 Å². The normalized spacial score (nSPS) is 26.7. The number of benzene rings is 2. The summed E-state index contributed by atoms with van der Waals surface area (Å²) in [4.78, 5) is 43.6. The van der Waals surface area contributed by atoms with Crippen LogP contribution in [-0.2, 0) is 25.5 Å². The van der Waals surface area contributed by atoms with E-state index in [0.29, 0.717) is 30.4 Å². The highest BCUT2D eigenvalue weighted by atomic mass is 32.1. The van der Waals surface area contributed by atoms with E-state index in [1.165, 1.54) is 23.3 Å². The van der Waals surface area contributed by atoms with Gasteiger partial charge < -0.3 is 14.2 Å². The number of nitrogens with zero attached hydrogens (tertiary/aromatic N) is 1. The number of carbonyl (C=O) groups is 3. The number of fused-ring (bicyclic) bond motifs is 2. The number of anilines is 1. The molecule has 1 aromatic heterocycles. The van der Waals surface area contributed by atoms with Crippen molar-refractivity contribution in [3.63, 3.8) is 0 Å². The van der Waals surface area contributed by atoms with Gasteiger partial charge in [-0.2, -0.15) is 0 Å². The molecular weight excluding hydrogens is 480 g/mol. The molecule has 0 unspecified atom stereocenters. The molecule has 0 saturated carbocycles. The van der Waals surface area contributed by atoms with Gasteiger partial charge in [-0.1, -0.05) is 36.4 Å². The third-order valence-electron chi connectivity index (χ3n) is 7.16. The van der Waals surface area contributed by atoms with E-state index >= 15 is 0 Å². The van der Waals surface area contributed by atoms with Crippen LogP contribution in [0.25, 0.3) is 0 Å². The van der Waals surface area contributed by atoms with Gasteiger partial charge in [-0.15, -0.1) is 11.3 Å². The summed E-state index contributed by atoms with van der Waals surface area (Å²) in [6.45, 7) is 0.823. The number of hydrogen-bond acceptors (Lipinski definition) is 8. The maximum Gasteiger partial charge on any atom is 0.327 e. The topological polar surface area (TPSA) is 94.2 Å². The van der Waals surface area contributed by atoms with Gasteiger partial charge in [-0.25, -0.2) is 4.90 Å². The lowest BCUT2D eigenvalue weighted by Gasteiger charge is -2.32. The molecule has 3 aliphatic heterocycles. The number of imide groups is 1. The Morgan fingerprint density at radius 1 is 1.06 bits per heavy atom. The second kappa shape index (κ2) is 8.76. The van der Waals surface area contributed by atoms with E-state index in [1.807, 2.05) is 47.8 Å². The van der Waals surface area contributed by atoms with Gasteiger partial charge in [0.2, 0.25) is 11.8 Å². The highest BCUT2D eigenvalue weighted by Gasteiger charge is 2.69. The van der Waals surface area contributed by atoms with Crippen LogP contribution in [0.3, 0.4) is 0 Å². The molecule has 4 heterocycles. The monoisotopic (exact) mass is 504 g/mol. The number of hydrogen-bond donors (Lipinski definition) is 1. The average molecular weight is 505 g/mol. The average Bonchev–Trinajstić information content (AvgIpc) is 3.61. The molecule has 2 aromatic carbocycles. The molecule has 0 radical (unpaired) electrons. The zero-order chi connectivity index (χ0) is 24.9. The largest absolute Gasteiger partial charge is 0.486 e. The molecule has 4 atom stereocenters. The summed E-state index contributed by atoms with van der Waals surface area (Å²) in [7, 11) is 1.31. The van der Waals surface area contributed by atoms with Gasteiger partial charge in [-0.05, 0) is 29.1 Å². The van der Waals surface area contributed by atoms with Crippen LogP contribution in [0.4, 0.5) is 5.69 Å². The zero-order valence-electron chi connectivity index (χ0n) is 19.5. The van der Waals surface area contributed by atoms with E-state index in [0.717, 1.165) is 10.4 Å². The Labute approximate surface area is 211 Å². The van der Waals surface area contributed by atoms with Gasteiger partial charge in [0.15, 0.2) is 11.5 Å². The first kappa shape index (κ1) is 22.8. The number of thiophene rings is 1. The summed E-state index contributed by atoms with van der Waals surface area (Å²) in [6.07, 6.45) is 0.206. The van der Waals surface area contributed by atoms with Crippen molar-refractivity contribution in [3.05, 3.63) is 76.5 Å². The maximum atomic E-state index is 14.1. The van der Waals surface area contributed by atoms with Gasteiger partial charge in [0.1, 0.15) is 18.8 Å². The van der Waals surface area contributed by atoms with Crippen molar-refractivity contribution in [2.75, 3.05) is 25.2 Å². The molecule has 2 amide bonds. The lowest BCUT2D eigenvalue weighted by molar-refractivity contribution is -0.152. The van der Waals surface area contributed by atoms with Gasteiger partial charge in [-0.3, -0.25) is 19.7 Å². The molecule has 0 aliphatic carbocycles. The Hall–Kier alpha value is -3.69. The number of methoxy groups -OCH3 is 1. The number of nitrogens with one attached hydrogen (secondary N) is 1. The van der Waals surface area contributed by atoms with Gasteiger partial charge >= 0.3 is 5.97 Å². The Morgan fingerprint density at radius 3 is 2.56 bits per heavy atom. The van der Waals surface area contributed by atoms with Crippen LogP contribution in [0.15, 0.2) is 66.0 Å².